The minimum Gasteiger partial charge on any atom is -0.366 e. The van der Waals surface area contributed by atoms with Crippen LogP contribution in [0.25, 0.3) is 5.65 Å². The first kappa shape index (κ1) is 10.3. The molecule has 2 heterocycles. The maximum Gasteiger partial charge on any atom is 0.364 e. The number of nitrogens with one attached hydrogen (secondary N) is 2. The standard InChI is InChI=1S/C11H15N5O/c1-7-3-2-4-8(7)12-9-5-6-10-13-14-11(17)16(10)15-9/h5-8H,2-4H2,1H3,(H,12,15)(H,14,17). The van der Waals surface area contributed by atoms with Crippen LogP contribution in [0.15, 0.2) is 16.9 Å². The largest absolute Gasteiger partial charge is 0.366 e. The second-order valence-corrected chi connectivity index (χ2v) is 4.68. The van der Waals surface area contributed by atoms with Crippen molar-refractivity contribution in [1.29, 1.82) is 0 Å². The van der Waals surface area contributed by atoms with E-state index in [1.54, 1.807) is 6.07 Å². The van der Waals surface area contributed by atoms with E-state index in [-0.39, 0.29) is 5.69 Å². The normalized spacial score (nSPS) is 24.3. The first-order valence-electron chi connectivity index (χ1n) is 5.95. The number of H-pyrrole nitrogens is 1. The SMILES string of the molecule is CC1CCCC1Nc1ccc2n[nH]c(=O)n2n1. The van der Waals surface area contributed by atoms with E-state index in [9.17, 15) is 4.79 Å². The van der Waals surface area contributed by atoms with Crippen LogP contribution < -0.4 is 11.0 Å². The van der Waals surface area contributed by atoms with Gasteiger partial charge in [0.1, 0.15) is 5.82 Å². The van der Waals surface area contributed by atoms with E-state index < -0.39 is 0 Å². The van der Waals surface area contributed by atoms with Crippen LogP contribution >= 0.6 is 0 Å². The molecular formula is C11H15N5O. The maximum absolute atomic E-state index is 11.4. The van der Waals surface area contributed by atoms with Gasteiger partial charge in [0, 0.05) is 6.04 Å². The number of anilines is 1. The molecule has 2 N–H and O–H groups in total. The molecule has 1 fully saturated rings. The van der Waals surface area contributed by atoms with Crippen LogP contribution in [0, 0.1) is 5.92 Å². The molecule has 6 nitrogen and oxygen atoms in total. The smallest absolute Gasteiger partial charge is 0.364 e. The topological polar surface area (TPSA) is 75.1 Å². The number of aromatic nitrogens is 4. The van der Waals surface area contributed by atoms with E-state index in [1.165, 1.54) is 23.8 Å². The van der Waals surface area contributed by atoms with Crippen LogP contribution in [0.5, 0.6) is 0 Å². The molecule has 3 rings (SSSR count). The summed E-state index contributed by atoms with van der Waals surface area (Å²) in [5.41, 5.74) is 0.239. The van der Waals surface area contributed by atoms with Gasteiger partial charge in [0.25, 0.3) is 0 Å². The van der Waals surface area contributed by atoms with E-state index in [1.807, 2.05) is 6.07 Å². The first-order chi connectivity index (χ1) is 8.24. The fourth-order valence-electron chi connectivity index (χ4n) is 2.43. The summed E-state index contributed by atoms with van der Waals surface area (Å²) >= 11 is 0. The molecule has 2 aromatic heterocycles. The first-order valence-corrected chi connectivity index (χ1v) is 5.95. The molecular weight excluding hydrogens is 218 g/mol. The molecule has 2 unspecified atom stereocenters. The minimum atomic E-state index is -0.303. The number of hydrogen-bond acceptors (Lipinski definition) is 4. The molecule has 2 atom stereocenters. The molecule has 6 heteroatoms. The van der Waals surface area contributed by atoms with Gasteiger partial charge in [-0.3, -0.25) is 0 Å². The summed E-state index contributed by atoms with van der Waals surface area (Å²) in [5, 5.41) is 13.8. The zero-order valence-electron chi connectivity index (χ0n) is 9.68. The van der Waals surface area contributed by atoms with Gasteiger partial charge in [0.2, 0.25) is 0 Å². The van der Waals surface area contributed by atoms with E-state index in [0.29, 0.717) is 17.6 Å². The fraction of sp³-hybridized carbons (Fsp3) is 0.545. The molecule has 0 aromatic carbocycles. The molecule has 0 aliphatic heterocycles. The Morgan fingerprint density at radius 2 is 2.35 bits per heavy atom. The van der Waals surface area contributed by atoms with Crippen molar-refractivity contribution in [2.45, 2.75) is 32.2 Å². The lowest BCUT2D eigenvalue weighted by Crippen LogP contribution is -2.23. The van der Waals surface area contributed by atoms with Crippen molar-refractivity contribution < 1.29 is 0 Å². The molecule has 1 aliphatic carbocycles. The number of hydrogen-bond donors (Lipinski definition) is 2. The van der Waals surface area contributed by atoms with Crippen molar-refractivity contribution in [3.8, 4) is 0 Å². The summed E-state index contributed by atoms with van der Waals surface area (Å²) in [6.07, 6.45) is 3.68. The third-order valence-corrected chi connectivity index (χ3v) is 3.47. The summed E-state index contributed by atoms with van der Waals surface area (Å²) in [6, 6.07) is 4.11. The van der Waals surface area contributed by atoms with Crippen LogP contribution in [0.2, 0.25) is 0 Å². The van der Waals surface area contributed by atoms with Gasteiger partial charge in [-0.2, -0.15) is 9.61 Å². The van der Waals surface area contributed by atoms with Crippen LogP contribution in [0.3, 0.4) is 0 Å². The Kier molecular flexibility index (Phi) is 2.35. The molecule has 0 radical (unpaired) electrons. The van der Waals surface area contributed by atoms with Gasteiger partial charge >= 0.3 is 5.69 Å². The third-order valence-electron chi connectivity index (χ3n) is 3.47. The van der Waals surface area contributed by atoms with Crippen molar-refractivity contribution in [2.24, 2.45) is 5.92 Å². The summed E-state index contributed by atoms with van der Waals surface area (Å²) < 4.78 is 1.28. The Morgan fingerprint density at radius 1 is 1.47 bits per heavy atom. The lowest BCUT2D eigenvalue weighted by Gasteiger charge is -2.17. The quantitative estimate of drug-likeness (QED) is 0.812. The average Bonchev–Trinajstić information content (AvgIpc) is 2.88. The van der Waals surface area contributed by atoms with Crippen LogP contribution in [-0.2, 0) is 0 Å². The molecule has 17 heavy (non-hydrogen) atoms. The fourth-order valence-corrected chi connectivity index (χ4v) is 2.43. The Morgan fingerprint density at radius 3 is 3.12 bits per heavy atom. The highest BCUT2D eigenvalue weighted by Crippen LogP contribution is 2.27. The number of rotatable bonds is 2. The van der Waals surface area contributed by atoms with Gasteiger partial charge in [-0.05, 0) is 30.9 Å². The number of fused-ring (bicyclic) bond motifs is 1. The van der Waals surface area contributed by atoms with Crippen LogP contribution in [-0.4, -0.2) is 25.9 Å². The Hall–Kier alpha value is -1.85. The van der Waals surface area contributed by atoms with Crippen LogP contribution in [0.4, 0.5) is 5.82 Å². The highest BCUT2D eigenvalue weighted by atomic mass is 16.2. The van der Waals surface area contributed by atoms with Crippen molar-refractivity contribution in [3.63, 3.8) is 0 Å². The van der Waals surface area contributed by atoms with Crippen molar-refractivity contribution >= 4 is 11.5 Å². The van der Waals surface area contributed by atoms with Gasteiger partial charge in [-0.1, -0.05) is 13.3 Å². The Labute approximate surface area is 98.0 Å². The summed E-state index contributed by atoms with van der Waals surface area (Å²) in [5.74, 6) is 1.40. The van der Waals surface area contributed by atoms with Gasteiger partial charge in [0.05, 0.1) is 0 Å². The zero-order chi connectivity index (χ0) is 11.8. The molecule has 0 amide bonds. The minimum absolute atomic E-state index is 0.303. The van der Waals surface area contributed by atoms with Gasteiger partial charge < -0.3 is 5.32 Å². The van der Waals surface area contributed by atoms with E-state index >= 15 is 0 Å². The molecule has 0 saturated heterocycles. The molecule has 90 valence electrons. The summed E-state index contributed by atoms with van der Waals surface area (Å²) in [6.45, 7) is 2.24. The van der Waals surface area contributed by atoms with E-state index in [0.717, 1.165) is 5.82 Å². The van der Waals surface area contributed by atoms with Gasteiger partial charge in [-0.15, -0.1) is 5.10 Å². The Balaban J connectivity index is 1.90. The zero-order valence-corrected chi connectivity index (χ0v) is 9.68. The van der Waals surface area contributed by atoms with Crippen LogP contribution in [0.1, 0.15) is 26.2 Å². The number of aromatic amines is 1. The highest BCUT2D eigenvalue weighted by molar-refractivity contribution is 5.43. The second-order valence-electron chi connectivity index (χ2n) is 4.68. The predicted molar refractivity (Wildman–Crippen MR) is 64.0 cm³/mol. The highest BCUT2D eigenvalue weighted by Gasteiger charge is 2.23. The van der Waals surface area contributed by atoms with Gasteiger partial charge in [-0.25, -0.2) is 9.89 Å². The van der Waals surface area contributed by atoms with Crippen molar-refractivity contribution in [3.05, 3.63) is 22.6 Å². The molecule has 0 bridgehead atoms. The maximum atomic E-state index is 11.4. The van der Waals surface area contributed by atoms with Crippen molar-refractivity contribution in [2.75, 3.05) is 5.32 Å². The lowest BCUT2D eigenvalue weighted by atomic mass is 10.1. The van der Waals surface area contributed by atoms with Gasteiger partial charge in [0.15, 0.2) is 5.65 Å². The summed E-state index contributed by atoms with van der Waals surface area (Å²) in [7, 11) is 0. The summed E-state index contributed by atoms with van der Waals surface area (Å²) in [4.78, 5) is 11.4. The average molecular weight is 233 g/mol. The molecule has 0 spiro atoms. The molecule has 1 aliphatic rings. The lowest BCUT2D eigenvalue weighted by molar-refractivity contribution is 0.553. The van der Waals surface area contributed by atoms with Crippen molar-refractivity contribution in [1.82, 2.24) is 19.8 Å². The third kappa shape index (κ3) is 1.79. The monoisotopic (exact) mass is 233 g/mol. The van der Waals surface area contributed by atoms with E-state index in [4.69, 9.17) is 0 Å². The predicted octanol–water partition coefficient (Wildman–Crippen LogP) is 1.02. The molecule has 2 aromatic rings. The second kappa shape index (κ2) is 3.87. The number of nitrogens with zero attached hydrogens (tertiary/aromatic N) is 3. The Bertz CT molecular complexity index is 587. The van der Waals surface area contributed by atoms with E-state index in [2.05, 4.69) is 27.5 Å². The molecule has 1 saturated carbocycles.